The Balaban J connectivity index is 3.97. The summed E-state index contributed by atoms with van der Waals surface area (Å²) in [5.41, 5.74) is 14.7. The van der Waals surface area contributed by atoms with Crippen LogP contribution >= 0.6 is 0 Å². The number of carboxylic acids is 1. The van der Waals surface area contributed by atoms with Gasteiger partial charge in [0.1, 0.15) is 5.54 Å². The molecule has 82 valence electrons. The summed E-state index contributed by atoms with van der Waals surface area (Å²) in [6.07, 6.45) is 1.33. The number of hydrogen-bond acceptors (Lipinski definition) is 3. The molecule has 1 atom stereocenters. The van der Waals surface area contributed by atoms with Crippen LogP contribution in [-0.2, 0) is 4.79 Å². The van der Waals surface area contributed by atoms with Crippen LogP contribution in [0.3, 0.4) is 0 Å². The highest BCUT2D eigenvalue weighted by Gasteiger charge is 2.30. The Morgan fingerprint density at radius 1 is 1.50 bits per heavy atom. The van der Waals surface area contributed by atoms with Gasteiger partial charge in [-0.15, -0.1) is 0 Å². The summed E-state index contributed by atoms with van der Waals surface area (Å²) >= 11 is 0. The van der Waals surface area contributed by atoms with E-state index in [-0.39, 0.29) is 5.96 Å². The van der Waals surface area contributed by atoms with Gasteiger partial charge in [-0.2, -0.15) is 0 Å². The molecule has 0 aliphatic rings. The van der Waals surface area contributed by atoms with Crippen LogP contribution in [0.15, 0.2) is 4.99 Å². The number of rotatable bonds is 6. The molecule has 0 heterocycles. The number of aliphatic carboxylic acids is 1. The van der Waals surface area contributed by atoms with Gasteiger partial charge in [-0.3, -0.25) is 9.79 Å². The van der Waals surface area contributed by atoms with E-state index in [9.17, 15) is 4.79 Å². The van der Waals surface area contributed by atoms with Gasteiger partial charge >= 0.3 is 5.97 Å². The summed E-state index contributed by atoms with van der Waals surface area (Å²) in [6, 6.07) is 0. The van der Waals surface area contributed by atoms with Crippen molar-refractivity contribution < 1.29 is 9.90 Å². The van der Waals surface area contributed by atoms with Crippen molar-refractivity contribution in [2.75, 3.05) is 6.54 Å². The molecule has 14 heavy (non-hydrogen) atoms. The molecule has 0 aromatic carbocycles. The van der Waals surface area contributed by atoms with Crippen molar-refractivity contribution in [2.24, 2.45) is 22.2 Å². The minimum absolute atomic E-state index is 0.0134. The first kappa shape index (κ1) is 12.7. The number of aliphatic imine (C=N–C) groups is 1. The third-order valence-corrected chi connectivity index (χ3v) is 2.13. The zero-order chi connectivity index (χ0) is 11.2. The molecule has 0 aromatic heterocycles. The molecule has 0 aliphatic carbocycles. The molecule has 6 nitrogen and oxygen atoms in total. The van der Waals surface area contributed by atoms with Crippen LogP contribution in [0.5, 0.6) is 0 Å². The Kier molecular flexibility index (Phi) is 4.93. The van der Waals surface area contributed by atoms with Crippen molar-refractivity contribution in [1.82, 2.24) is 0 Å². The summed E-state index contributed by atoms with van der Waals surface area (Å²) in [4.78, 5) is 14.5. The second-order valence-corrected chi connectivity index (χ2v) is 3.22. The van der Waals surface area contributed by atoms with Crippen molar-refractivity contribution in [1.29, 1.82) is 0 Å². The summed E-state index contributed by atoms with van der Waals surface area (Å²) in [6.45, 7) is 2.16. The summed E-state index contributed by atoms with van der Waals surface area (Å²) < 4.78 is 0. The largest absolute Gasteiger partial charge is 0.480 e. The van der Waals surface area contributed by atoms with Gasteiger partial charge in [0.05, 0.1) is 0 Å². The Labute approximate surface area is 83.2 Å². The monoisotopic (exact) mass is 202 g/mol. The zero-order valence-electron chi connectivity index (χ0n) is 8.36. The van der Waals surface area contributed by atoms with E-state index in [1.54, 1.807) is 6.92 Å². The molecule has 0 spiro atoms. The van der Waals surface area contributed by atoms with Crippen LogP contribution in [0.4, 0.5) is 0 Å². The highest BCUT2D eigenvalue weighted by atomic mass is 16.4. The smallest absolute Gasteiger partial charge is 0.323 e. The standard InChI is InChI=1S/C8H18N4O2/c1-2-8(11,6(13)14)4-3-5-12-7(9)10/h2-5,11H2,1H3,(H,13,14)(H4,9,10,12)/t8-/m0/s1. The van der Waals surface area contributed by atoms with Gasteiger partial charge in [0.2, 0.25) is 0 Å². The molecule has 7 N–H and O–H groups in total. The van der Waals surface area contributed by atoms with E-state index < -0.39 is 11.5 Å². The van der Waals surface area contributed by atoms with Gasteiger partial charge in [-0.05, 0) is 19.3 Å². The Hall–Kier alpha value is -1.30. The topological polar surface area (TPSA) is 128 Å². The molecule has 0 amide bonds. The molecular formula is C8H18N4O2. The Bertz CT molecular complexity index is 225. The Morgan fingerprint density at radius 3 is 2.43 bits per heavy atom. The molecule has 0 radical (unpaired) electrons. The van der Waals surface area contributed by atoms with Crippen LogP contribution in [0.2, 0.25) is 0 Å². The Morgan fingerprint density at radius 2 is 2.07 bits per heavy atom. The number of guanidine groups is 1. The lowest BCUT2D eigenvalue weighted by atomic mass is 9.92. The second kappa shape index (κ2) is 5.43. The van der Waals surface area contributed by atoms with Crippen molar-refractivity contribution in [3.05, 3.63) is 0 Å². The van der Waals surface area contributed by atoms with Gasteiger partial charge in [-0.1, -0.05) is 6.92 Å². The SMILES string of the molecule is CC[C@](N)(CCCN=C(N)N)C(=O)O. The highest BCUT2D eigenvalue weighted by Crippen LogP contribution is 2.14. The molecule has 0 rings (SSSR count). The molecule has 0 aliphatic heterocycles. The number of nitrogens with two attached hydrogens (primary N) is 3. The predicted octanol–water partition coefficient (Wildman–Crippen LogP) is -0.768. The van der Waals surface area contributed by atoms with E-state index in [0.717, 1.165) is 0 Å². The van der Waals surface area contributed by atoms with Gasteiger partial charge < -0.3 is 22.3 Å². The lowest BCUT2D eigenvalue weighted by molar-refractivity contribution is -0.143. The number of carbonyl (C=O) groups is 1. The van der Waals surface area contributed by atoms with Gasteiger partial charge in [0.15, 0.2) is 5.96 Å². The van der Waals surface area contributed by atoms with Crippen LogP contribution in [0.1, 0.15) is 26.2 Å². The maximum Gasteiger partial charge on any atom is 0.323 e. The van der Waals surface area contributed by atoms with Gasteiger partial charge in [0.25, 0.3) is 0 Å². The average Bonchev–Trinajstić information content (AvgIpc) is 2.11. The zero-order valence-corrected chi connectivity index (χ0v) is 8.36. The van der Waals surface area contributed by atoms with Crippen LogP contribution in [-0.4, -0.2) is 29.1 Å². The van der Waals surface area contributed by atoms with E-state index >= 15 is 0 Å². The van der Waals surface area contributed by atoms with Gasteiger partial charge in [0, 0.05) is 6.54 Å². The normalized spacial score (nSPS) is 14.4. The van der Waals surface area contributed by atoms with E-state index in [0.29, 0.717) is 25.8 Å². The van der Waals surface area contributed by atoms with Crippen molar-refractivity contribution in [3.63, 3.8) is 0 Å². The third kappa shape index (κ3) is 4.08. The number of carboxylic acid groups (broad SMARTS) is 1. The van der Waals surface area contributed by atoms with Crippen LogP contribution in [0, 0.1) is 0 Å². The van der Waals surface area contributed by atoms with E-state index in [2.05, 4.69) is 4.99 Å². The maximum absolute atomic E-state index is 10.8. The van der Waals surface area contributed by atoms with E-state index in [4.69, 9.17) is 22.3 Å². The quantitative estimate of drug-likeness (QED) is 0.255. The third-order valence-electron chi connectivity index (χ3n) is 2.13. The summed E-state index contributed by atoms with van der Waals surface area (Å²) in [5, 5.41) is 8.83. The fraction of sp³-hybridized carbons (Fsp3) is 0.750. The molecule has 0 bridgehead atoms. The van der Waals surface area contributed by atoms with Crippen LogP contribution in [0.25, 0.3) is 0 Å². The molecule has 0 aromatic rings. The summed E-state index contributed by atoms with van der Waals surface area (Å²) in [7, 11) is 0. The average molecular weight is 202 g/mol. The molecule has 0 fully saturated rings. The second-order valence-electron chi connectivity index (χ2n) is 3.22. The minimum Gasteiger partial charge on any atom is -0.480 e. The molecule has 6 heteroatoms. The van der Waals surface area contributed by atoms with Crippen LogP contribution < -0.4 is 17.2 Å². The van der Waals surface area contributed by atoms with E-state index in [1.165, 1.54) is 0 Å². The first-order valence-electron chi connectivity index (χ1n) is 4.50. The first-order chi connectivity index (χ1) is 6.42. The predicted molar refractivity (Wildman–Crippen MR) is 54.8 cm³/mol. The molecule has 0 unspecified atom stereocenters. The number of nitrogens with zero attached hydrogens (tertiary/aromatic N) is 1. The number of hydrogen-bond donors (Lipinski definition) is 4. The van der Waals surface area contributed by atoms with E-state index in [1.807, 2.05) is 0 Å². The fourth-order valence-corrected chi connectivity index (χ4v) is 1.04. The summed E-state index contributed by atoms with van der Waals surface area (Å²) in [5.74, 6) is -0.968. The minimum atomic E-state index is -1.15. The first-order valence-corrected chi connectivity index (χ1v) is 4.50. The molecular weight excluding hydrogens is 184 g/mol. The van der Waals surface area contributed by atoms with Crippen molar-refractivity contribution >= 4 is 11.9 Å². The van der Waals surface area contributed by atoms with Crippen molar-refractivity contribution in [2.45, 2.75) is 31.7 Å². The lowest BCUT2D eigenvalue weighted by Crippen LogP contribution is -2.47. The van der Waals surface area contributed by atoms with Crippen molar-refractivity contribution in [3.8, 4) is 0 Å². The lowest BCUT2D eigenvalue weighted by Gasteiger charge is -2.22. The molecule has 0 saturated carbocycles. The highest BCUT2D eigenvalue weighted by molar-refractivity contribution is 5.78. The van der Waals surface area contributed by atoms with Gasteiger partial charge in [-0.25, -0.2) is 0 Å². The fourth-order valence-electron chi connectivity index (χ4n) is 1.04. The molecule has 0 saturated heterocycles. The maximum atomic E-state index is 10.8.